The van der Waals surface area contributed by atoms with Crippen LogP contribution in [-0.2, 0) is 28.7 Å². The molecule has 0 aliphatic heterocycles. The van der Waals surface area contributed by atoms with Crippen molar-refractivity contribution in [3.63, 3.8) is 0 Å². The van der Waals surface area contributed by atoms with Crippen LogP contribution in [0.25, 0.3) is 0 Å². The number of hydrogen-bond acceptors (Lipinski definition) is 5. The average molecular weight is 611 g/mol. The van der Waals surface area contributed by atoms with Crippen LogP contribution in [0, 0.1) is 11.8 Å². The molecule has 0 spiro atoms. The maximum atomic E-state index is 13.1. The molecule has 1 aromatic carbocycles. The first-order valence-corrected chi connectivity index (χ1v) is 14.2. The molecule has 0 amide bonds. The molecule has 0 unspecified atom stereocenters. The van der Waals surface area contributed by atoms with Crippen LogP contribution < -0.4 is 0 Å². The zero-order valence-electron chi connectivity index (χ0n) is 23.1. The van der Waals surface area contributed by atoms with Crippen molar-refractivity contribution >= 4 is 23.5 Å². The van der Waals surface area contributed by atoms with Crippen molar-refractivity contribution in [2.45, 2.75) is 90.2 Å². The van der Waals surface area contributed by atoms with Gasteiger partial charge in [0.05, 0.1) is 11.3 Å². The number of aromatic nitrogens is 1. The number of carboxylic acid groups (broad SMARTS) is 2. The second-order valence-electron chi connectivity index (χ2n) is 10.7. The topological polar surface area (TPSA) is 90.7 Å². The molecule has 2 N–H and O–H groups in total. The van der Waals surface area contributed by atoms with Gasteiger partial charge in [0.15, 0.2) is 0 Å². The van der Waals surface area contributed by atoms with Gasteiger partial charge in [-0.1, -0.05) is 39.3 Å². The summed E-state index contributed by atoms with van der Waals surface area (Å²) in [4.78, 5) is 22.8. The number of alkyl halides is 6. The highest BCUT2D eigenvalue weighted by atomic mass is 32.1. The summed E-state index contributed by atoms with van der Waals surface area (Å²) in [5.74, 6) is -3.14. The Morgan fingerprint density at radius 3 is 2.17 bits per heavy atom. The monoisotopic (exact) mass is 610 g/mol. The van der Waals surface area contributed by atoms with E-state index in [0.717, 1.165) is 62.2 Å². The minimum atomic E-state index is -5.08. The second kappa shape index (κ2) is 15.0. The van der Waals surface area contributed by atoms with Gasteiger partial charge in [0.1, 0.15) is 0 Å². The molecular weight excluding hydrogens is 574 g/mol. The largest absolute Gasteiger partial charge is 0.490 e. The number of halogens is 6. The highest BCUT2D eigenvalue weighted by Crippen LogP contribution is 2.42. The molecule has 13 heteroatoms. The van der Waals surface area contributed by atoms with Crippen LogP contribution in [0.4, 0.5) is 26.3 Å². The third kappa shape index (κ3) is 10.9. The Kier molecular flexibility index (Phi) is 12.6. The number of carbonyl (C=O) groups is 2. The summed E-state index contributed by atoms with van der Waals surface area (Å²) in [7, 11) is 0. The quantitative estimate of drug-likeness (QED) is 0.269. The van der Waals surface area contributed by atoms with E-state index < -0.39 is 29.9 Å². The Bertz CT molecular complexity index is 1120. The standard InChI is InChI=1S/C26H35F3N2O2S.C2HF3O2/c1-4-5-23-20(16-34-30-23)15-31(14-17(2)3)24-11-6-18(13-25(32)33)12-22(24)19-7-9-21(10-8-19)26(27,28)29;3-2(4,5)1(6)7/h7-10,16-18,22,24H,4-6,11-15H2,1-3H3,(H,32,33);(H,6,7)/t18-,22+,24-;/m1./s1. The number of benzene rings is 1. The summed E-state index contributed by atoms with van der Waals surface area (Å²) in [6, 6.07) is 5.63. The molecule has 41 heavy (non-hydrogen) atoms. The van der Waals surface area contributed by atoms with Crippen molar-refractivity contribution in [2.75, 3.05) is 6.54 Å². The lowest BCUT2D eigenvalue weighted by molar-refractivity contribution is -0.192. The van der Waals surface area contributed by atoms with Crippen molar-refractivity contribution in [2.24, 2.45) is 11.8 Å². The molecule has 1 saturated carbocycles. The maximum Gasteiger partial charge on any atom is 0.490 e. The fourth-order valence-electron chi connectivity index (χ4n) is 5.25. The molecule has 1 heterocycles. The number of carboxylic acids is 2. The third-order valence-electron chi connectivity index (χ3n) is 6.95. The van der Waals surface area contributed by atoms with Gasteiger partial charge in [-0.25, -0.2) is 4.79 Å². The summed E-state index contributed by atoms with van der Waals surface area (Å²) < 4.78 is 75.8. The molecule has 1 fully saturated rings. The van der Waals surface area contributed by atoms with Crippen LogP contribution in [-0.4, -0.2) is 50.2 Å². The van der Waals surface area contributed by atoms with E-state index in [-0.39, 0.29) is 24.3 Å². The van der Waals surface area contributed by atoms with Crippen LogP contribution in [0.15, 0.2) is 29.6 Å². The van der Waals surface area contributed by atoms with Gasteiger partial charge in [0, 0.05) is 36.5 Å². The molecule has 1 aromatic heterocycles. The Morgan fingerprint density at radius 1 is 1.07 bits per heavy atom. The van der Waals surface area contributed by atoms with Gasteiger partial charge in [0.2, 0.25) is 0 Å². The van der Waals surface area contributed by atoms with Gasteiger partial charge in [0.25, 0.3) is 0 Å². The van der Waals surface area contributed by atoms with E-state index in [4.69, 9.17) is 9.90 Å². The molecule has 0 saturated heterocycles. The van der Waals surface area contributed by atoms with Crippen LogP contribution in [0.5, 0.6) is 0 Å². The smallest absolute Gasteiger partial charge is 0.481 e. The van der Waals surface area contributed by atoms with Gasteiger partial charge in [-0.15, -0.1) is 0 Å². The fourth-order valence-corrected chi connectivity index (χ4v) is 5.97. The molecule has 3 rings (SSSR count). The summed E-state index contributed by atoms with van der Waals surface area (Å²) in [6.07, 6.45) is -5.09. The van der Waals surface area contributed by atoms with Crippen molar-refractivity contribution in [1.82, 2.24) is 9.27 Å². The van der Waals surface area contributed by atoms with E-state index in [1.165, 1.54) is 17.1 Å². The van der Waals surface area contributed by atoms with Gasteiger partial charge in [-0.2, -0.15) is 30.7 Å². The molecule has 3 atom stereocenters. The van der Waals surface area contributed by atoms with Crippen molar-refractivity contribution in [3.05, 3.63) is 52.0 Å². The summed E-state index contributed by atoms with van der Waals surface area (Å²) in [5, 5.41) is 18.6. The summed E-state index contributed by atoms with van der Waals surface area (Å²) >= 11 is 1.47. The Labute approximate surface area is 239 Å². The van der Waals surface area contributed by atoms with Gasteiger partial charge in [-0.05, 0) is 72.7 Å². The highest BCUT2D eigenvalue weighted by molar-refractivity contribution is 7.03. The lowest BCUT2D eigenvalue weighted by atomic mass is 9.72. The number of aryl methyl sites for hydroxylation is 1. The van der Waals surface area contributed by atoms with E-state index >= 15 is 0 Å². The lowest BCUT2D eigenvalue weighted by Crippen LogP contribution is -2.44. The third-order valence-corrected chi connectivity index (χ3v) is 7.67. The van der Waals surface area contributed by atoms with E-state index in [1.54, 1.807) is 12.1 Å². The van der Waals surface area contributed by atoms with Gasteiger partial charge < -0.3 is 10.2 Å². The Hall–Kier alpha value is -2.67. The first kappa shape index (κ1) is 34.5. The van der Waals surface area contributed by atoms with Crippen LogP contribution in [0.3, 0.4) is 0 Å². The SMILES string of the molecule is CCCc1nscc1CN(CC(C)C)[C@@H]1CC[C@@H](CC(=O)O)C[C@H]1c1ccc(C(F)(F)F)cc1.O=C(O)C(F)(F)F. The minimum Gasteiger partial charge on any atom is -0.481 e. The minimum absolute atomic E-state index is 0.0136. The van der Waals surface area contributed by atoms with Crippen molar-refractivity contribution in [3.8, 4) is 0 Å². The van der Waals surface area contributed by atoms with E-state index in [9.17, 15) is 36.2 Å². The Morgan fingerprint density at radius 2 is 1.68 bits per heavy atom. The van der Waals surface area contributed by atoms with Gasteiger partial charge >= 0.3 is 24.3 Å². The van der Waals surface area contributed by atoms with Crippen LogP contribution >= 0.6 is 11.5 Å². The normalized spacial score (nSPS) is 19.6. The van der Waals surface area contributed by atoms with Crippen LogP contribution in [0.1, 0.15) is 81.2 Å². The van der Waals surface area contributed by atoms with Crippen molar-refractivity contribution in [1.29, 1.82) is 0 Å². The number of rotatable bonds is 10. The molecule has 1 aliphatic carbocycles. The van der Waals surface area contributed by atoms with E-state index in [2.05, 4.69) is 35.4 Å². The molecule has 230 valence electrons. The Balaban J connectivity index is 0.000000745. The average Bonchev–Trinajstić information content (AvgIpc) is 3.29. The zero-order valence-corrected chi connectivity index (χ0v) is 24.0. The van der Waals surface area contributed by atoms with E-state index in [0.29, 0.717) is 12.3 Å². The molecule has 1 aliphatic rings. The predicted octanol–water partition coefficient (Wildman–Crippen LogP) is 7.63. The number of nitrogens with zero attached hydrogens (tertiary/aromatic N) is 2. The second-order valence-corrected chi connectivity index (χ2v) is 11.4. The molecule has 2 aromatic rings. The number of aliphatic carboxylic acids is 2. The first-order valence-electron chi connectivity index (χ1n) is 13.4. The zero-order chi connectivity index (χ0) is 31.0. The molecular formula is C28H36F6N2O4S. The fraction of sp³-hybridized carbons (Fsp3) is 0.607. The molecule has 6 nitrogen and oxygen atoms in total. The van der Waals surface area contributed by atoms with Gasteiger partial charge in [-0.3, -0.25) is 9.69 Å². The first-order chi connectivity index (χ1) is 19.0. The predicted molar refractivity (Wildman–Crippen MR) is 143 cm³/mol. The maximum absolute atomic E-state index is 13.1. The van der Waals surface area contributed by atoms with E-state index in [1.807, 2.05) is 0 Å². The van der Waals surface area contributed by atoms with Crippen molar-refractivity contribution < 1.29 is 46.1 Å². The molecule has 0 radical (unpaired) electrons. The number of hydrogen-bond donors (Lipinski definition) is 2. The summed E-state index contributed by atoms with van der Waals surface area (Å²) in [5.41, 5.74) is 2.57. The highest BCUT2D eigenvalue weighted by Gasteiger charge is 2.39. The molecule has 0 bridgehead atoms. The summed E-state index contributed by atoms with van der Waals surface area (Å²) in [6.45, 7) is 8.12. The lowest BCUT2D eigenvalue weighted by Gasteiger charge is -2.43. The van der Waals surface area contributed by atoms with Crippen LogP contribution in [0.2, 0.25) is 0 Å².